The first kappa shape index (κ1) is 18.9. The van der Waals surface area contributed by atoms with E-state index in [4.69, 9.17) is 0 Å². The van der Waals surface area contributed by atoms with Crippen LogP contribution in [0.1, 0.15) is 49.2 Å². The van der Waals surface area contributed by atoms with E-state index in [2.05, 4.69) is 46.5 Å². The standard InChI is InChI=1S/C21H30N6O/c1-15(2)27-17-8-9-18(27)13-26(21(28)20-14-25(3)24-23-20)12-16-6-4-5-7-19(16)22-11-10-17/h4-7,14-15,17-18,22H,8-13H2,1-3H3/t17-,18+/m1/s1. The second kappa shape index (κ2) is 7.91. The molecule has 0 saturated carbocycles. The van der Waals surface area contributed by atoms with E-state index in [1.807, 2.05) is 17.0 Å². The van der Waals surface area contributed by atoms with Crippen molar-refractivity contribution < 1.29 is 4.79 Å². The molecular weight excluding hydrogens is 352 g/mol. The van der Waals surface area contributed by atoms with Gasteiger partial charge < -0.3 is 10.2 Å². The van der Waals surface area contributed by atoms with Gasteiger partial charge in [0.15, 0.2) is 5.69 Å². The Bertz CT molecular complexity index is 832. The third kappa shape index (κ3) is 3.76. The zero-order valence-corrected chi connectivity index (χ0v) is 17.0. The van der Waals surface area contributed by atoms with Crippen molar-refractivity contribution in [1.82, 2.24) is 24.8 Å². The van der Waals surface area contributed by atoms with Crippen LogP contribution in [-0.2, 0) is 13.6 Å². The van der Waals surface area contributed by atoms with E-state index in [1.165, 1.54) is 6.42 Å². The van der Waals surface area contributed by atoms with Crippen LogP contribution in [-0.4, -0.2) is 61.9 Å². The van der Waals surface area contributed by atoms with E-state index in [0.717, 1.165) is 37.2 Å². The molecule has 2 atom stereocenters. The van der Waals surface area contributed by atoms with Crippen molar-refractivity contribution >= 4 is 11.6 Å². The Morgan fingerprint density at radius 2 is 1.96 bits per heavy atom. The zero-order valence-electron chi connectivity index (χ0n) is 17.0. The molecule has 0 spiro atoms. The fourth-order valence-electron chi connectivity index (χ4n) is 4.79. The molecule has 7 nitrogen and oxygen atoms in total. The summed E-state index contributed by atoms with van der Waals surface area (Å²) < 4.78 is 1.58. The minimum absolute atomic E-state index is 0.0469. The van der Waals surface area contributed by atoms with Crippen LogP contribution in [0.5, 0.6) is 0 Å². The fourth-order valence-corrected chi connectivity index (χ4v) is 4.79. The van der Waals surface area contributed by atoms with Crippen LogP contribution in [0, 0.1) is 0 Å². The number of aromatic nitrogens is 3. The number of carbonyl (C=O) groups excluding carboxylic acids is 1. The summed E-state index contributed by atoms with van der Waals surface area (Å²) in [4.78, 5) is 17.9. The average molecular weight is 383 g/mol. The Hall–Kier alpha value is -2.41. The van der Waals surface area contributed by atoms with Gasteiger partial charge in [-0.05, 0) is 44.7 Å². The summed E-state index contributed by atoms with van der Waals surface area (Å²) in [5, 5.41) is 11.6. The summed E-state index contributed by atoms with van der Waals surface area (Å²) in [6.45, 7) is 6.78. The van der Waals surface area contributed by atoms with E-state index in [9.17, 15) is 4.79 Å². The largest absolute Gasteiger partial charge is 0.385 e. The molecule has 0 radical (unpaired) electrons. The third-order valence-electron chi connectivity index (χ3n) is 5.98. The molecule has 1 aromatic heterocycles. The second-order valence-electron chi connectivity index (χ2n) is 8.26. The van der Waals surface area contributed by atoms with Gasteiger partial charge in [-0.15, -0.1) is 5.10 Å². The normalized spacial score (nSPS) is 23.2. The molecule has 150 valence electrons. The number of hydrogen-bond donors (Lipinski definition) is 1. The molecule has 1 N–H and O–H groups in total. The van der Waals surface area contributed by atoms with Crippen LogP contribution < -0.4 is 5.32 Å². The van der Waals surface area contributed by atoms with Crippen molar-refractivity contribution in [3.63, 3.8) is 0 Å². The highest BCUT2D eigenvalue weighted by Crippen LogP contribution is 2.31. The molecule has 0 unspecified atom stereocenters. The summed E-state index contributed by atoms with van der Waals surface area (Å²) >= 11 is 0. The van der Waals surface area contributed by atoms with Gasteiger partial charge in [0.05, 0.1) is 6.20 Å². The number of benzene rings is 1. The van der Waals surface area contributed by atoms with Crippen LogP contribution >= 0.6 is 0 Å². The lowest BCUT2D eigenvalue weighted by molar-refractivity contribution is 0.0628. The van der Waals surface area contributed by atoms with Crippen molar-refractivity contribution in [2.24, 2.45) is 7.05 Å². The van der Waals surface area contributed by atoms with Gasteiger partial charge in [-0.3, -0.25) is 14.4 Å². The fraction of sp³-hybridized carbons (Fsp3) is 0.571. The Morgan fingerprint density at radius 3 is 2.71 bits per heavy atom. The number of nitrogens with zero attached hydrogens (tertiary/aromatic N) is 5. The number of nitrogens with one attached hydrogen (secondary N) is 1. The summed E-state index contributed by atoms with van der Waals surface area (Å²) in [5.74, 6) is -0.0469. The highest BCUT2D eigenvalue weighted by molar-refractivity contribution is 5.92. The SMILES string of the molecule is CC(C)N1[C@H]2CCNc3ccccc3CN(C(=O)c3cn(C)nn3)C[C@@H]1CC2. The quantitative estimate of drug-likeness (QED) is 0.865. The van der Waals surface area contributed by atoms with Gasteiger partial charge in [-0.1, -0.05) is 23.4 Å². The predicted octanol–water partition coefficient (Wildman–Crippen LogP) is 2.51. The van der Waals surface area contributed by atoms with Gasteiger partial charge in [-0.25, -0.2) is 0 Å². The van der Waals surface area contributed by atoms with Gasteiger partial charge in [0.1, 0.15) is 0 Å². The maximum Gasteiger partial charge on any atom is 0.276 e. The monoisotopic (exact) mass is 382 g/mol. The number of carbonyl (C=O) groups is 1. The summed E-state index contributed by atoms with van der Waals surface area (Å²) in [6, 6.07) is 9.72. The number of amides is 1. The molecule has 3 heterocycles. The highest BCUT2D eigenvalue weighted by Gasteiger charge is 2.37. The molecule has 2 aliphatic rings. The maximum atomic E-state index is 13.3. The van der Waals surface area contributed by atoms with Gasteiger partial charge in [0.2, 0.25) is 0 Å². The van der Waals surface area contributed by atoms with Gasteiger partial charge in [0.25, 0.3) is 5.91 Å². The Morgan fingerprint density at radius 1 is 1.18 bits per heavy atom. The second-order valence-corrected chi connectivity index (χ2v) is 8.26. The van der Waals surface area contributed by atoms with Gasteiger partial charge >= 0.3 is 0 Å². The van der Waals surface area contributed by atoms with Crippen molar-refractivity contribution in [3.8, 4) is 0 Å². The minimum atomic E-state index is -0.0469. The summed E-state index contributed by atoms with van der Waals surface area (Å²) in [6.07, 6.45) is 5.16. The van der Waals surface area contributed by atoms with E-state index < -0.39 is 0 Å². The van der Waals surface area contributed by atoms with Crippen molar-refractivity contribution in [2.45, 2.75) is 57.8 Å². The zero-order chi connectivity index (χ0) is 19.7. The minimum Gasteiger partial charge on any atom is -0.385 e. The topological polar surface area (TPSA) is 66.3 Å². The number of para-hydroxylation sites is 1. The smallest absolute Gasteiger partial charge is 0.276 e. The number of rotatable bonds is 2. The van der Waals surface area contributed by atoms with Crippen molar-refractivity contribution in [1.29, 1.82) is 0 Å². The van der Waals surface area contributed by atoms with Gasteiger partial charge in [0, 0.05) is 50.5 Å². The molecular formula is C21H30N6O. The molecule has 0 aliphatic carbocycles. The van der Waals surface area contributed by atoms with Gasteiger partial charge in [-0.2, -0.15) is 0 Å². The number of anilines is 1. The molecule has 7 heteroatoms. The molecule has 1 amide bonds. The molecule has 2 aliphatic heterocycles. The molecule has 2 aromatic rings. The molecule has 1 saturated heterocycles. The summed E-state index contributed by atoms with van der Waals surface area (Å²) in [7, 11) is 1.79. The molecule has 1 fully saturated rings. The lowest BCUT2D eigenvalue weighted by Crippen LogP contribution is -2.48. The molecule has 28 heavy (non-hydrogen) atoms. The number of aryl methyl sites for hydroxylation is 1. The summed E-state index contributed by atoms with van der Waals surface area (Å²) in [5.41, 5.74) is 2.68. The van der Waals surface area contributed by atoms with E-state index >= 15 is 0 Å². The first-order chi connectivity index (χ1) is 13.5. The molecule has 4 rings (SSSR count). The predicted molar refractivity (Wildman–Crippen MR) is 109 cm³/mol. The Kier molecular flexibility index (Phi) is 5.35. The van der Waals surface area contributed by atoms with Crippen molar-refractivity contribution in [3.05, 3.63) is 41.7 Å². The first-order valence-electron chi connectivity index (χ1n) is 10.3. The average Bonchev–Trinajstić information content (AvgIpc) is 3.26. The highest BCUT2D eigenvalue weighted by atomic mass is 16.2. The maximum absolute atomic E-state index is 13.3. The molecule has 1 aromatic carbocycles. The number of fused-ring (bicyclic) bond motifs is 3. The van der Waals surface area contributed by atoms with Crippen LogP contribution in [0.3, 0.4) is 0 Å². The van der Waals surface area contributed by atoms with Crippen molar-refractivity contribution in [2.75, 3.05) is 18.4 Å². The third-order valence-corrected chi connectivity index (χ3v) is 5.98. The van der Waals surface area contributed by atoms with E-state index in [0.29, 0.717) is 30.4 Å². The Balaban J connectivity index is 1.68. The van der Waals surface area contributed by atoms with Crippen LogP contribution in [0.2, 0.25) is 0 Å². The van der Waals surface area contributed by atoms with Crippen LogP contribution in [0.25, 0.3) is 0 Å². The van der Waals surface area contributed by atoms with Crippen LogP contribution in [0.15, 0.2) is 30.5 Å². The molecule has 2 bridgehead atoms. The van der Waals surface area contributed by atoms with Crippen LogP contribution in [0.4, 0.5) is 5.69 Å². The number of hydrogen-bond acceptors (Lipinski definition) is 5. The lowest BCUT2D eigenvalue weighted by atomic mass is 10.1. The van der Waals surface area contributed by atoms with E-state index in [-0.39, 0.29) is 5.91 Å². The van der Waals surface area contributed by atoms with E-state index in [1.54, 1.807) is 17.9 Å². The first-order valence-corrected chi connectivity index (χ1v) is 10.3. The Labute approximate surface area is 166 Å². The lowest BCUT2D eigenvalue weighted by Gasteiger charge is -2.36.